The highest BCUT2D eigenvalue weighted by molar-refractivity contribution is 6.33. The number of pyridine rings is 1. The molecule has 0 spiro atoms. The number of carboxylic acids is 1. The summed E-state index contributed by atoms with van der Waals surface area (Å²) in [5.41, 5.74) is -0.156. The lowest BCUT2D eigenvalue weighted by Gasteiger charge is -2.25. The van der Waals surface area contributed by atoms with E-state index in [0.29, 0.717) is 45.6 Å². The molecule has 0 radical (unpaired) electrons. The molecule has 32 heavy (non-hydrogen) atoms. The van der Waals surface area contributed by atoms with Crippen LogP contribution in [0.5, 0.6) is 11.6 Å². The van der Waals surface area contributed by atoms with Gasteiger partial charge in [-0.25, -0.2) is 9.78 Å². The molecule has 1 N–H and O–H groups in total. The molecule has 1 saturated carbocycles. The minimum absolute atomic E-state index is 0.0611. The topological polar surface area (TPSA) is 108 Å². The molecule has 4 rings (SSSR count). The minimum atomic E-state index is -1.21. The van der Waals surface area contributed by atoms with Crippen molar-refractivity contribution in [3.05, 3.63) is 40.5 Å². The van der Waals surface area contributed by atoms with Crippen molar-refractivity contribution in [3.63, 3.8) is 0 Å². The van der Waals surface area contributed by atoms with Crippen molar-refractivity contribution in [1.29, 1.82) is 0 Å². The zero-order chi connectivity index (χ0) is 22.9. The molecule has 0 bridgehead atoms. The molecule has 8 nitrogen and oxygen atoms in total. The summed E-state index contributed by atoms with van der Waals surface area (Å²) >= 11 is 12.7. The Hall–Kier alpha value is -2.84. The Morgan fingerprint density at radius 2 is 1.94 bits per heavy atom. The summed E-state index contributed by atoms with van der Waals surface area (Å²) in [6.07, 6.45) is 4.03. The van der Waals surface area contributed by atoms with Crippen LogP contribution in [0.2, 0.25) is 10.0 Å². The first kappa shape index (κ1) is 22.4. The molecule has 10 heteroatoms. The van der Waals surface area contributed by atoms with E-state index in [2.05, 4.69) is 15.1 Å². The normalized spacial score (nSPS) is 15.2. The van der Waals surface area contributed by atoms with Crippen molar-refractivity contribution in [3.8, 4) is 34.5 Å². The smallest absolute Gasteiger partial charge is 0.348 e. The molecule has 1 aromatic carbocycles. The van der Waals surface area contributed by atoms with E-state index >= 15 is 0 Å². The van der Waals surface area contributed by atoms with Gasteiger partial charge >= 0.3 is 5.97 Å². The highest BCUT2D eigenvalue weighted by Gasteiger charge is 2.44. The van der Waals surface area contributed by atoms with Crippen LogP contribution < -0.4 is 9.47 Å². The van der Waals surface area contributed by atoms with Gasteiger partial charge in [-0.3, -0.25) is 0 Å². The third-order valence-corrected chi connectivity index (χ3v) is 5.71. The average Bonchev–Trinajstić information content (AvgIpc) is 3.40. The van der Waals surface area contributed by atoms with E-state index in [4.69, 9.17) is 37.2 Å². The van der Waals surface area contributed by atoms with Gasteiger partial charge in [0.15, 0.2) is 0 Å². The molecule has 1 aliphatic carbocycles. The first-order valence-electron chi connectivity index (χ1n) is 10.2. The third-order valence-electron chi connectivity index (χ3n) is 5.12. The predicted molar refractivity (Wildman–Crippen MR) is 118 cm³/mol. The van der Waals surface area contributed by atoms with Gasteiger partial charge in [0.1, 0.15) is 10.8 Å². The summed E-state index contributed by atoms with van der Waals surface area (Å²) in [5, 5.41) is 14.2. The Labute approximate surface area is 194 Å². The molecule has 2 heterocycles. The standard InChI is InChI=1S/C22H21Cl2N3O5/c1-12(2)30-20-17(24)9-13(11-25-20)19-26-18(27-32-19)15-6-5-14(10-16(15)23)31-22(21(28)29)7-3-4-8-22/h5-6,9-12H,3-4,7-8H2,1-2H3,(H,28,29). The van der Waals surface area contributed by atoms with Crippen LogP contribution in [0.4, 0.5) is 0 Å². The van der Waals surface area contributed by atoms with Gasteiger partial charge in [0.05, 0.1) is 16.7 Å². The van der Waals surface area contributed by atoms with Gasteiger partial charge in [-0.15, -0.1) is 0 Å². The summed E-state index contributed by atoms with van der Waals surface area (Å²) in [6.45, 7) is 3.76. The molecule has 0 amide bonds. The lowest BCUT2D eigenvalue weighted by atomic mass is 10.0. The zero-order valence-electron chi connectivity index (χ0n) is 17.5. The van der Waals surface area contributed by atoms with E-state index in [1.807, 2.05) is 13.8 Å². The quantitative estimate of drug-likeness (QED) is 0.463. The molecule has 2 aromatic heterocycles. The maximum atomic E-state index is 11.7. The van der Waals surface area contributed by atoms with Crippen molar-refractivity contribution in [2.75, 3.05) is 0 Å². The Kier molecular flexibility index (Phi) is 6.26. The van der Waals surface area contributed by atoms with Crippen LogP contribution in [0.3, 0.4) is 0 Å². The number of hydrogen-bond acceptors (Lipinski definition) is 7. The van der Waals surface area contributed by atoms with Crippen LogP contribution >= 0.6 is 23.2 Å². The Morgan fingerprint density at radius 3 is 2.56 bits per heavy atom. The Morgan fingerprint density at radius 1 is 1.19 bits per heavy atom. The monoisotopic (exact) mass is 477 g/mol. The van der Waals surface area contributed by atoms with Crippen LogP contribution in [0, 0.1) is 0 Å². The maximum Gasteiger partial charge on any atom is 0.348 e. The number of halogens is 2. The first-order valence-corrected chi connectivity index (χ1v) is 10.9. The second-order valence-electron chi connectivity index (χ2n) is 7.85. The molecular formula is C22H21Cl2N3O5. The molecule has 1 aliphatic rings. The molecule has 1 fully saturated rings. The first-order chi connectivity index (χ1) is 15.3. The largest absolute Gasteiger partial charge is 0.478 e. The van der Waals surface area contributed by atoms with Gasteiger partial charge in [0, 0.05) is 11.8 Å². The molecule has 0 unspecified atom stereocenters. The fourth-order valence-electron chi connectivity index (χ4n) is 3.57. The van der Waals surface area contributed by atoms with Gasteiger partial charge in [0.25, 0.3) is 5.89 Å². The number of aromatic nitrogens is 3. The number of carboxylic acid groups (broad SMARTS) is 1. The lowest BCUT2D eigenvalue weighted by molar-refractivity contribution is -0.154. The SMILES string of the molecule is CC(C)Oc1ncc(-c2nc(-c3ccc(OC4(C(=O)O)CCCC4)cc3Cl)no2)cc1Cl. The third kappa shape index (κ3) is 4.52. The molecule has 168 valence electrons. The minimum Gasteiger partial charge on any atom is -0.478 e. The van der Waals surface area contributed by atoms with E-state index in [9.17, 15) is 9.90 Å². The number of carbonyl (C=O) groups is 1. The summed E-state index contributed by atoms with van der Waals surface area (Å²) < 4.78 is 16.7. The second-order valence-corrected chi connectivity index (χ2v) is 8.67. The van der Waals surface area contributed by atoms with E-state index in [0.717, 1.165) is 12.8 Å². The van der Waals surface area contributed by atoms with Gasteiger partial charge < -0.3 is 19.1 Å². The van der Waals surface area contributed by atoms with Gasteiger partial charge in [0.2, 0.25) is 17.3 Å². The summed E-state index contributed by atoms with van der Waals surface area (Å²) in [6, 6.07) is 6.51. The molecule has 0 saturated heterocycles. The van der Waals surface area contributed by atoms with Crippen LogP contribution in [0.1, 0.15) is 39.5 Å². The van der Waals surface area contributed by atoms with Gasteiger partial charge in [-0.2, -0.15) is 4.98 Å². The average molecular weight is 478 g/mol. The number of rotatable bonds is 7. The van der Waals surface area contributed by atoms with Crippen LogP contribution in [-0.4, -0.2) is 37.9 Å². The van der Waals surface area contributed by atoms with Crippen LogP contribution in [-0.2, 0) is 4.79 Å². The van der Waals surface area contributed by atoms with E-state index in [-0.39, 0.29) is 17.8 Å². The van der Waals surface area contributed by atoms with E-state index < -0.39 is 11.6 Å². The van der Waals surface area contributed by atoms with E-state index in [1.165, 1.54) is 6.20 Å². The van der Waals surface area contributed by atoms with Gasteiger partial charge in [-0.05, 0) is 63.8 Å². The zero-order valence-corrected chi connectivity index (χ0v) is 19.0. The number of benzene rings is 1. The Balaban J connectivity index is 1.55. The molecule has 0 atom stereocenters. The van der Waals surface area contributed by atoms with Gasteiger partial charge in [-0.1, -0.05) is 28.4 Å². The summed E-state index contributed by atoms with van der Waals surface area (Å²) in [7, 11) is 0. The lowest BCUT2D eigenvalue weighted by Crippen LogP contribution is -2.41. The predicted octanol–water partition coefficient (Wildman–Crippen LogP) is 5.67. The summed E-state index contributed by atoms with van der Waals surface area (Å²) in [4.78, 5) is 20.3. The Bertz CT molecular complexity index is 1140. The van der Waals surface area contributed by atoms with Crippen molar-refractivity contribution in [1.82, 2.24) is 15.1 Å². The molecule has 3 aromatic rings. The fraction of sp³-hybridized carbons (Fsp3) is 0.364. The number of nitrogens with zero attached hydrogens (tertiary/aromatic N) is 3. The highest BCUT2D eigenvalue weighted by Crippen LogP contribution is 2.37. The second kappa shape index (κ2) is 8.96. The summed E-state index contributed by atoms with van der Waals surface area (Å²) in [5.74, 6) is 0.227. The highest BCUT2D eigenvalue weighted by atomic mass is 35.5. The number of aliphatic carboxylic acids is 1. The van der Waals surface area contributed by atoms with Crippen LogP contribution in [0.15, 0.2) is 35.0 Å². The van der Waals surface area contributed by atoms with E-state index in [1.54, 1.807) is 24.3 Å². The van der Waals surface area contributed by atoms with Crippen molar-refractivity contribution < 1.29 is 23.9 Å². The maximum absolute atomic E-state index is 11.7. The molecular weight excluding hydrogens is 457 g/mol. The molecule has 0 aliphatic heterocycles. The van der Waals surface area contributed by atoms with Crippen LogP contribution in [0.25, 0.3) is 22.8 Å². The van der Waals surface area contributed by atoms with Crippen molar-refractivity contribution in [2.45, 2.75) is 51.2 Å². The van der Waals surface area contributed by atoms with Crippen molar-refractivity contribution >= 4 is 29.2 Å². The number of hydrogen-bond donors (Lipinski definition) is 1. The van der Waals surface area contributed by atoms with Crippen molar-refractivity contribution in [2.24, 2.45) is 0 Å². The number of ether oxygens (including phenoxy) is 2. The fourth-order valence-corrected chi connectivity index (χ4v) is 4.04.